The minimum atomic E-state index is -0.443. The van der Waals surface area contributed by atoms with Crippen LogP contribution in [0.25, 0.3) is 0 Å². The number of rotatable bonds is 4. The van der Waals surface area contributed by atoms with Crippen LogP contribution in [0.15, 0.2) is 12.4 Å². The molecule has 0 aliphatic heterocycles. The lowest BCUT2D eigenvalue weighted by molar-refractivity contribution is -0.380. The lowest BCUT2D eigenvalue weighted by Crippen LogP contribution is -2.05. The van der Waals surface area contributed by atoms with E-state index in [4.69, 9.17) is 0 Å². The largest absolute Gasteiger partial charge is 0.352 e. The molecular formula is C9H10N4O2S2. The highest BCUT2D eigenvalue weighted by Gasteiger charge is 2.15. The minimum absolute atomic E-state index is 0.000505. The van der Waals surface area contributed by atoms with Crippen molar-refractivity contribution < 1.29 is 4.92 Å². The third-order valence-corrected chi connectivity index (χ3v) is 4.00. The number of nitrogens with one attached hydrogen (secondary N) is 1. The van der Waals surface area contributed by atoms with Gasteiger partial charge in [0.25, 0.3) is 0 Å². The average molecular weight is 270 g/mol. The first kappa shape index (κ1) is 11.9. The highest BCUT2D eigenvalue weighted by Crippen LogP contribution is 2.29. The van der Waals surface area contributed by atoms with E-state index in [-0.39, 0.29) is 11.0 Å². The van der Waals surface area contributed by atoms with Crippen LogP contribution in [0.4, 0.5) is 10.1 Å². The van der Waals surface area contributed by atoms with Crippen LogP contribution < -0.4 is 5.32 Å². The third-order valence-electron chi connectivity index (χ3n) is 2.02. The van der Waals surface area contributed by atoms with E-state index in [0.29, 0.717) is 5.13 Å². The van der Waals surface area contributed by atoms with Crippen molar-refractivity contribution >= 4 is 32.8 Å². The molecule has 0 radical (unpaired) electrons. The normalized spacial score (nSPS) is 12.4. The van der Waals surface area contributed by atoms with Gasteiger partial charge in [0.1, 0.15) is 11.2 Å². The Bertz CT molecular complexity index is 537. The molecule has 1 atom stereocenters. The van der Waals surface area contributed by atoms with Gasteiger partial charge in [-0.15, -0.1) is 11.3 Å². The molecule has 17 heavy (non-hydrogen) atoms. The van der Waals surface area contributed by atoms with E-state index >= 15 is 0 Å². The molecule has 2 rings (SSSR count). The Hall–Kier alpha value is -1.54. The van der Waals surface area contributed by atoms with Crippen molar-refractivity contribution in [2.45, 2.75) is 19.9 Å². The fourth-order valence-corrected chi connectivity index (χ4v) is 2.73. The highest BCUT2D eigenvalue weighted by molar-refractivity contribution is 7.18. The zero-order chi connectivity index (χ0) is 12.4. The van der Waals surface area contributed by atoms with Gasteiger partial charge in [-0.3, -0.25) is 10.1 Å². The van der Waals surface area contributed by atoms with Gasteiger partial charge >= 0.3 is 5.00 Å². The molecule has 2 heterocycles. The van der Waals surface area contributed by atoms with E-state index in [1.165, 1.54) is 6.20 Å². The van der Waals surface area contributed by atoms with Gasteiger partial charge in [0.05, 0.1) is 11.0 Å². The zero-order valence-electron chi connectivity index (χ0n) is 9.21. The summed E-state index contributed by atoms with van der Waals surface area (Å²) in [5.74, 6) is 0. The fourth-order valence-electron chi connectivity index (χ4n) is 1.24. The maximum Gasteiger partial charge on any atom is 0.345 e. The quantitative estimate of drug-likeness (QED) is 0.682. The first-order valence-corrected chi connectivity index (χ1v) is 6.48. The molecular weight excluding hydrogens is 260 g/mol. The molecule has 0 saturated carbocycles. The molecule has 1 N–H and O–H groups in total. The topological polar surface area (TPSA) is 81.0 Å². The van der Waals surface area contributed by atoms with Crippen LogP contribution in [0.3, 0.4) is 0 Å². The number of hydrogen-bond donors (Lipinski definition) is 1. The monoisotopic (exact) mass is 270 g/mol. The summed E-state index contributed by atoms with van der Waals surface area (Å²) in [7, 11) is 0. The first-order valence-electron chi connectivity index (χ1n) is 4.85. The standard InChI is InChI=1S/C9H10N4O2S2/c1-5-3-10-8(16-5)6(2)12-9-11-4-7(17-9)13(14)15/h3-4,6H,1-2H3,(H,11,12). The van der Waals surface area contributed by atoms with Crippen molar-refractivity contribution in [1.82, 2.24) is 9.97 Å². The fraction of sp³-hybridized carbons (Fsp3) is 0.333. The van der Waals surface area contributed by atoms with Crippen LogP contribution in [0, 0.1) is 17.0 Å². The van der Waals surface area contributed by atoms with Crippen LogP contribution in [0.1, 0.15) is 22.9 Å². The number of aryl methyl sites for hydroxylation is 1. The number of nitrogens with zero attached hydrogens (tertiary/aromatic N) is 3. The molecule has 0 aliphatic carbocycles. The smallest absolute Gasteiger partial charge is 0.345 e. The number of anilines is 1. The van der Waals surface area contributed by atoms with E-state index in [0.717, 1.165) is 21.2 Å². The Morgan fingerprint density at radius 3 is 2.71 bits per heavy atom. The Morgan fingerprint density at radius 1 is 1.41 bits per heavy atom. The molecule has 0 aromatic carbocycles. The van der Waals surface area contributed by atoms with Crippen molar-refractivity contribution in [2.75, 3.05) is 5.32 Å². The van der Waals surface area contributed by atoms with Crippen molar-refractivity contribution in [3.05, 3.63) is 32.4 Å². The second kappa shape index (κ2) is 4.76. The third kappa shape index (κ3) is 2.77. The van der Waals surface area contributed by atoms with E-state index in [1.807, 2.05) is 20.0 Å². The average Bonchev–Trinajstić information content (AvgIpc) is 2.86. The maximum atomic E-state index is 10.5. The molecule has 90 valence electrons. The summed E-state index contributed by atoms with van der Waals surface area (Å²) in [6.45, 7) is 3.94. The SMILES string of the molecule is Cc1cnc(C(C)Nc2ncc([N+](=O)[O-])s2)s1. The van der Waals surface area contributed by atoms with Crippen molar-refractivity contribution in [3.63, 3.8) is 0 Å². The van der Waals surface area contributed by atoms with Crippen LogP contribution in [0.2, 0.25) is 0 Å². The van der Waals surface area contributed by atoms with Crippen molar-refractivity contribution in [3.8, 4) is 0 Å². The summed E-state index contributed by atoms with van der Waals surface area (Å²) in [6.07, 6.45) is 3.06. The molecule has 0 saturated heterocycles. The van der Waals surface area contributed by atoms with E-state index in [2.05, 4.69) is 15.3 Å². The summed E-state index contributed by atoms with van der Waals surface area (Å²) in [5, 5.41) is 15.1. The minimum Gasteiger partial charge on any atom is -0.352 e. The molecule has 0 bridgehead atoms. The Morgan fingerprint density at radius 2 is 2.18 bits per heavy atom. The zero-order valence-corrected chi connectivity index (χ0v) is 10.8. The number of thiazole rings is 2. The Balaban J connectivity index is 2.07. The second-order valence-corrected chi connectivity index (χ2v) is 5.71. The molecule has 2 aromatic heterocycles. The predicted octanol–water partition coefficient (Wildman–Crippen LogP) is 2.99. The van der Waals surface area contributed by atoms with Crippen LogP contribution >= 0.6 is 22.7 Å². The van der Waals surface area contributed by atoms with Crippen LogP contribution in [-0.4, -0.2) is 14.9 Å². The van der Waals surface area contributed by atoms with Gasteiger partial charge < -0.3 is 5.32 Å². The summed E-state index contributed by atoms with van der Waals surface area (Å²) >= 11 is 2.62. The molecule has 1 unspecified atom stereocenters. The molecule has 2 aromatic rings. The summed E-state index contributed by atoms with van der Waals surface area (Å²) < 4.78 is 0. The van der Waals surface area contributed by atoms with Gasteiger partial charge in [-0.2, -0.15) is 0 Å². The van der Waals surface area contributed by atoms with Gasteiger partial charge in [-0.25, -0.2) is 9.97 Å². The molecule has 0 spiro atoms. The van der Waals surface area contributed by atoms with Crippen molar-refractivity contribution in [1.29, 1.82) is 0 Å². The molecule has 0 fully saturated rings. The summed E-state index contributed by atoms with van der Waals surface area (Å²) in [5.41, 5.74) is 0. The molecule has 0 aliphatic rings. The van der Waals surface area contributed by atoms with E-state index in [1.54, 1.807) is 11.3 Å². The second-order valence-electron chi connectivity index (χ2n) is 3.44. The van der Waals surface area contributed by atoms with Gasteiger partial charge in [0.2, 0.25) is 0 Å². The molecule has 8 heteroatoms. The summed E-state index contributed by atoms with van der Waals surface area (Å²) in [6, 6.07) is -0.000505. The highest BCUT2D eigenvalue weighted by atomic mass is 32.1. The Kier molecular flexibility index (Phi) is 3.34. The predicted molar refractivity (Wildman–Crippen MR) is 67.7 cm³/mol. The lowest BCUT2D eigenvalue weighted by atomic mass is 10.4. The summed E-state index contributed by atoms with van der Waals surface area (Å²) in [4.78, 5) is 19.4. The molecule has 6 nitrogen and oxygen atoms in total. The lowest BCUT2D eigenvalue weighted by Gasteiger charge is -2.08. The van der Waals surface area contributed by atoms with E-state index in [9.17, 15) is 10.1 Å². The van der Waals surface area contributed by atoms with Gasteiger partial charge in [-0.05, 0) is 25.2 Å². The van der Waals surface area contributed by atoms with Gasteiger partial charge in [0, 0.05) is 11.1 Å². The van der Waals surface area contributed by atoms with E-state index < -0.39 is 4.92 Å². The number of aromatic nitrogens is 2. The Labute approximate surface area is 106 Å². The van der Waals surface area contributed by atoms with Gasteiger partial charge in [-0.1, -0.05) is 0 Å². The number of nitro groups is 1. The van der Waals surface area contributed by atoms with Crippen LogP contribution in [0.5, 0.6) is 0 Å². The molecule has 0 amide bonds. The van der Waals surface area contributed by atoms with Crippen LogP contribution in [-0.2, 0) is 0 Å². The number of hydrogen-bond acceptors (Lipinski definition) is 7. The maximum absolute atomic E-state index is 10.5. The first-order chi connectivity index (χ1) is 8.06. The van der Waals surface area contributed by atoms with Crippen molar-refractivity contribution in [2.24, 2.45) is 0 Å². The van der Waals surface area contributed by atoms with Gasteiger partial charge in [0.15, 0.2) is 5.13 Å².